The molecule has 150 valence electrons. The molecule has 0 amide bonds. The van der Waals surface area contributed by atoms with E-state index in [1.54, 1.807) is 0 Å². The van der Waals surface area contributed by atoms with Crippen LogP contribution in [0.5, 0.6) is 0 Å². The van der Waals surface area contributed by atoms with Crippen molar-refractivity contribution in [2.75, 3.05) is 24.6 Å². The van der Waals surface area contributed by atoms with E-state index in [2.05, 4.69) is 35.2 Å². The summed E-state index contributed by atoms with van der Waals surface area (Å²) in [5, 5.41) is 10.5. The molecule has 2 heterocycles. The van der Waals surface area contributed by atoms with Crippen molar-refractivity contribution in [3.05, 3.63) is 60.2 Å². The van der Waals surface area contributed by atoms with E-state index < -0.39 is 0 Å². The van der Waals surface area contributed by atoms with Crippen LogP contribution in [0.4, 0.5) is 5.82 Å². The zero-order valence-corrected chi connectivity index (χ0v) is 16.7. The number of aliphatic hydroxyl groups excluding tert-OH is 1. The second kappa shape index (κ2) is 8.62. The van der Waals surface area contributed by atoms with Crippen molar-refractivity contribution in [3.8, 4) is 11.1 Å². The minimum atomic E-state index is -0.0728. The molecule has 29 heavy (non-hydrogen) atoms. The van der Waals surface area contributed by atoms with Gasteiger partial charge >= 0.3 is 5.97 Å². The van der Waals surface area contributed by atoms with Gasteiger partial charge in [0.1, 0.15) is 5.82 Å². The number of rotatable bonds is 5. The van der Waals surface area contributed by atoms with Gasteiger partial charge in [0.05, 0.1) is 24.6 Å². The Kier molecular flexibility index (Phi) is 5.76. The lowest BCUT2D eigenvalue weighted by atomic mass is 9.97. The molecule has 1 N–H and O–H groups in total. The number of hydrogen-bond acceptors (Lipinski definition) is 5. The lowest BCUT2D eigenvalue weighted by molar-refractivity contribution is -0.148. The summed E-state index contributed by atoms with van der Waals surface area (Å²) in [6.07, 6.45) is 1.61. The van der Waals surface area contributed by atoms with Crippen LogP contribution in [0.25, 0.3) is 22.0 Å². The third-order valence-electron chi connectivity index (χ3n) is 5.56. The van der Waals surface area contributed by atoms with Gasteiger partial charge in [-0.3, -0.25) is 4.79 Å². The maximum absolute atomic E-state index is 11.9. The van der Waals surface area contributed by atoms with Gasteiger partial charge in [0, 0.05) is 18.5 Å². The topological polar surface area (TPSA) is 62.7 Å². The highest BCUT2D eigenvalue weighted by molar-refractivity contribution is 5.86. The van der Waals surface area contributed by atoms with Crippen LogP contribution in [0.3, 0.4) is 0 Å². The molecule has 0 spiro atoms. The Morgan fingerprint density at radius 1 is 1.10 bits per heavy atom. The van der Waals surface area contributed by atoms with Gasteiger partial charge < -0.3 is 14.7 Å². The van der Waals surface area contributed by atoms with Crippen LogP contribution in [0.1, 0.15) is 25.3 Å². The molecule has 3 aromatic rings. The average Bonchev–Trinajstić information content (AvgIpc) is 2.78. The predicted molar refractivity (Wildman–Crippen MR) is 115 cm³/mol. The summed E-state index contributed by atoms with van der Waals surface area (Å²) < 4.78 is 5.16. The lowest BCUT2D eigenvalue weighted by Crippen LogP contribution is -2.37. The minimum Gasteiger partial charge on any atom is -0.466 e. The Hall–Kier alpha value is -2.92. The van der Waals surface area contributed by atoms with E-state index in [4.69, 9.17) is 9.72 Å². The molecule has 5 nitrogen and oxygen atoms in total. The average molecular weight is 390 g/mol. The monoisotopic (exact) mass is 390 g/mol. The van der Waals surface area contributed by atoms with Crippen LogP contribution in [0, 0.1) is 5.92 Å². The molecule has 4 rings (SSSR count). The smallest absolute Gasteiger partial charge is 0.309 e. The maximum atomic E-state index is 11.9. The molecule has 1 saturated heterocycles. The minimum absolute atomic E-state index is 0.00361. The number of piperidine rings is 1. The lowest BCUT2D eigenvalue weighted by Gasteiger charge is -2.31. The zero-order chi connectivity index (χ0) is 20.2. The summed E-state index contributed by atoms with van der Waals surface area (Å²) in [5.41, 5.74) is 4.06. The molecule has 0 aliphatic carbocycles. The summed E-state index contributed by atoms with van der Waals surface area (Å²) in [6.45, 7) is 3.96. The number of anilines is 1. The Morgan fingerprint density at radius 3 is 2.66 bits per heavy atom. The number of pyridine rings is 1. The van der Waals surface area contributed by atoms with Crippen molar-refractivity contribution in [1.82, 2.24) is 4.98 Å². The van der Waals surface area contributed by atoms with Gasteiger partial charge in [-0.05, 0) is 66.8 Å². The molecule has 1 aliphatic rings. The van der Waals surface area contributed by atoms with Crippen molar-refractivity contribution < 1.29 is 14.6 Å². The first-order valence-electron chi connectivity index (χ1n) is 10.2. The fourth-order valence-corrected chi connectivity index (χ4v) is 3.92. The second-order valence-electron chi connectivity index (χ2n) is 7.45. The van der Waals surface area contributed by atoms with Gasteiger partial charge in [0.15, 0.2) is 0 Å². The van der Waals surface area contributed by atoms with Crippen LogP contribution in [0.2, 0.25) is 0 Å². The first-order chi connectivity index (χ1) is 14.2. The van der Waals surface area contributed by atoms with E-state index in [1.807, 2.05) is 31.2 Å². The largest absolute Gasteiger partial charge is 0.466 e. The molecule has 0 atom stereocenters. The molecular formula is C24H26N2O3. The highest BCUT2D eigenvalue weighted by atomic mass is 16.5. The van der Waals surface area contributed by atoms with Gasteiger partial charge in [0.2, 0.25) is 0 Å². The Balaban J connectivity index is 1.51. The summed E-state index contributed by atoms with van der Waals surface area (Å²) in [4.78, 5) is 19.0. The molecular weight excluding hydrogens is 364 g/mol. The van der Waals surface area contributed by atoms with Gasteiger partial charge in [0.25, 0.3) is 0 Å². The Labute approximate surface area is 170 Å². The number of carbonyl (C=O) groups excluding carboxylic acids is 1. The van der Waals surface area contributed by atoms with Crippen molar-refractivity contribution >= 4 is 22.7 Å². The number of aromatic nitrogens is 1. The van der Waals surface area contributed by atoms with Crippen molar-refractivity contribution in [2.24, 2.45) is 5.92 Å². The number of fused-ring (bicyclic) bond motifs is 1. The van der Waals surface area contributed by atoms with E-state index >= 15 is 0 Å². The normalized spacial score (nSPS) is 14.9. The molecule has 1 aromatic heterocycles. The van der Waals surface area contributed by atoms with E-state index in [-0.39, 0.29) is 18.5 Å². The summed E-state index contributed by atoms with van der Waals surface area (Å²) in [7, 11) is 0. The van der Waals surface area contributed by atoms with E-state index in [0.717, 1.165) is 59.3 Å². The number of ether oxygens (including phenoxy) is 1. The van der Waals surface area contributed by atoms with E-state index in [0.29, 0.717) is 6.61 Å². The number of nitrogens with zero attached hydrogens (tertiary/aromatic N) is 2. The molecule has 0 radical (unpaired) electrons. The number of hydrogen-bond donors (Lipinski definition) is 1. The summed E-state index contributed by atoms with van der Waals surface area (Å²) in [5.74, 6) is 0.884. The van der Waals surface area contributed by atoms with Gasteiger partial charge in [-0.1, -0.05) is 24.3 Å². The van der Waals surface area contributed by atoms with Crippen LogP contribution in [-0.4, -0.2) is 35.8 Å². The number of esters is 1. The molecule has 1 fully saturated rings. The maximum Gasteiger partial charge on any atom is 0.309 e. The highest BCUT2D eigenvalue weighted by Crippen LogP contribution is 2.28. The second-order valence-corrected chi connectivity index (χ2v) is 7.45. The fourth-order valence-electron chi connectivity index (χ4n) is 3.92. The third-order valence-corrected chi connectivity index (χ3v) is 5.56. The molecule has 1 aliphatic heterocycles. The first kappa shape index (κ1) is 19.4. The summed E-state index contributed by atoms with van der Waals surface area (Å²) in [6, 6.07) is 18.4. The van der Waals surface area contributed by atoms with Gasteiger partial charge in [-0.2, -0.15) is 0 Å². The summed E-state index contributed by atoms with van der Waals surface area (Å²) >= 11 is 0. The van der Waals surface area contributed by atoms with E-state index in [1.165, 1.54) is 0 Å². The van der Waals surface area contributed by atoms with Crippen LogP contribution in [-0.2, 0) is 16.1 Å². The Morgan fingerprint density at radius 2 is 1.90 bits per heavy atom. The van der Waals surface area contributed by atoms with Crippen molar-refractivity contribution in [1.29, 1.82) is 0 Å². The predicted octanol–water partition coefficient (Wildman–Crippen LogP) is 4.17. The zero-order valence-electron chi connectivity index (χ0n) is 16.7. The van der Waals surface area contributed by atoms with Crippen LogP contribution in [0.15, 0.2) is 54.6 Å². The molecule has 2 aromatic carbocycles. The Bertz CT molecular complexity index is 1010. The fraction of sp³-hybridized carbons (Fsp3) is 0.333. The molecule has 5 heteroatoms. The number of carbonyl (C=O) groups is 1. The quantitative estimate of drug-likeness (QED) is 0.663. The highest BCUT2D eigenvalue weighted by Gasteiger charge is 2.26. The molecule has 0 unspecified atom stereocenters. The van der Waals surface area contributed by atoms with Crippen molar-refractivity contribution in [3.63, 3.8) is 0 Å². The van der Waals surface area contributed by atoms with Crippen LogP contribution < -0.4 is 4.90 Å². The van der Waals surface area contributed by atoms with Gasteiger partial charge in [-0.25, -0.2) is 4.98 Å². The van der Waals surface area contributed by atoms with Crippen LogP contribution >= 0.6 is 0 Å². The number of benzene rings is 2. The van der Waals surface area contributed by atoms with Gasteiger partial charge in [-0.15, -0.1) is 0 Å². The van der Waals surface area contributed by atoms with Crippen molar-refractivity contribution in [2.45, 2.75) is 26.4 Å². The molecule has 0 saturated carbocycles. The molecule has 0 bridgehead atoms. The standard InChI is InChI=1S/C24H26N2O3/c1-2-29-24(28)18-10-12-26(13-11-18)23-9-7-21-15-20(6-8-22(21)25-23)19-5-3-4-17(14-19)16-27/h3-9,14-15,18,27H,2,10-13,16H2,1H3. The third kappa shape index (κ3) is 4.25. The van der Waals surface area contributed by atoms with E-state index in [9.17, 15) is 9.90 Å². The SMILES string of the molecule is CCOC(=O)C1CCN(c2ccc3cc(-c4cccc(CO)c4)ccc3n2)CC1. The first-order valence-corrected chi connectivity index (χ1v) is 10.2. The number of aliphatic hydroxyl groups is 1.